The lowest BCUT2D eigenvalue weighted by Crippen LogP contribution is -2.13. The van der Waals surface area contributed by atoms with Crippen molar-refractivity contribution in [3.63, 3.8) is 0 Å². The fourth-order valence-electron chi connectivity index (χ4n) is 1.35. The number of nitrogens with two attached hydrogens (primary N) is 1. The third-order valence-electron chi connectivity index (χ3n) is 2.40. The summed E-state index contributed by atoms with van der Waals surface area (Å²) in [5.74, 6) is -0.0550. The van der Waals surface area contributed by atoms with Crippen LogP contribution in [0.15, 0.2) is 9.59 Å². The number of primary sulfonamides is 1. The van der Waals surface area contributed by atoms with Gasteiger partial charge < -0.3 is 4.74 Å². The SMILES string of the molecule is Cc1c(C(=O)OCCC(C)C)csc1S(N)(=O)=O. The smallest absolute Gasteiger partial charge is 0.339 e. The number of thiophene rings is 1. The molecule has 1 rings (SSSR count). The third-order valence-corrected chi connectivity index (χ3v) is 5.08. The highest BCUT2D eigenvalue weighted by atomic mass is 32.2. The number of sulfonamides is 1. The number of ether oxygens (including phenoxy) is 1. The van der Waals surface area contributed by atoms with Gasteiger partial charge in [-0.3, -0.25) is 0 Å². The van der Waals surface area contributed by atoms with E-state index in [0.29, 0.717) is 18.1 Å². The van der Waals surface area contributed by atoms with Crippen molar-refractivity contribution in [3.05, 3.63) is 16.5 Å². The summed E-state index contributed by atoms with van der Waals surface area (Å²) in [6.45, 7) is 5.94. The van der Waals surface area contributed by atoms with Gasteiger partial charge in [-0.15, -0.1) is 11.3 Å². The Morgan fingerprint density at radius 3 is 2.56 bits per heavy atom. The first-order chi connectivity index (χ1) is 8.23. The van der Waals surface area contributed by atoms with E-state index in [0.717, 1.165) is 17.8 Å². The Labute approximate surface area is 111 Å². The number of carbonyl (C=O) groups excluding carboxylic acids is 1. The molecular formula is C11H17NO4S2. The largest absolute Gasteiger partial charge is 0.462 e. The van der Waals surface area contributed by atoms with Gasteiger partial charge in [0, 0.05) is 5.38 Å². The molecule has 0 bridgehead atoms. The van der Waals surface area contributed by atoms with E-state index in [4.69, 9.17) is 9.88 Å². The first-order valence-corrected chi connectivity index (χ1v) is 7.94. The predicted octanol–water partition coefficient (Wildman–Crippen LogP) is 1.91. The minimum absolute atomic E-state index is 0.0123. The molecule has 0 saturated heterocycles. The molecular weight excluding hydrogens is 274 g/mol. The number of carbonyl (C=O) groups is 1. The van der Waals surface area contributed by atoms with Gasteiger partial charge in [0.25, 0.3) is 0 Å². The van der Waals surface area contributed by atoms with Gasteiger partial charge >= 0.3 is 5.97 Å². The number of hydrogen-bond donors (Lipinski definition) is 1. The molecule has 0 unspecified atom stereocenters. The molecule has 0 radical (unpaired) electrons. The maximum absolute atomic E-state index is 11.7. The van der Waals surface area contributed by atoms with Crippen LogP contribution in [-0.4, -0.2) is 21.0 Å². The van der Waals surface area contributed by atoms with Crippen LogP contribution >= 0.6 is 11.3 Å². The number of hydrogen-bond acceptors (Lipinski definition) is 5. The summed E-state index contributed by atoms with van der Waals surface area (Å²) in [4.78, 5) is 11.7. The van der Waals surface area contributed by atoms with Gasteiger partial charge in [0.1, 0.15) is 4.21 Å². The van der Waals surface area contributed by atoms with E-state index in [1.165, 1.54) is 5.38 Å². The summed E-state index contributed by atoms with van der Waals surface area (Å²) >= 11 is 0.937. The summed E-state index contributed by atoms with van der Waals surface area (Å²) in [6.07, 6.45) is 0.775. The van der Waals surface area contributed by atoms with Gasteiger partial charge in [0.2, 0.25) is 10.0 Å². The van der Waals surface area contributed by atoms with E-state index >= 15 is 0 Å². The first kappa shape index (κ1) is 15.1. The number of esters is 1. The molecule has 0 saturated carbocycles. The third kappa shape index (κ3) is 3.79. The minimum atomic E-state index is -3.77. The molecule has 0 amide bonds. The van der Waals surface area contributed by atoms with E-state index in [-0.39, 0.29) is 9.77 Å². The van der Waals surface area contributed by atoms with E-state index < -0.39 is 16.0 Å². The van der Waals surface area contributed by atoms with Crippen LogP contribution in [0.1, 0.15) is 36.2 Å². The van der Waals surface area contributed by atoms with Gasteiger partial charge in [0.05, 0.1) is 12.2 Å². The standard InChI is InChI=1S/C11H17NO4S2/c1-7(2)4-5-16-10(13)9-6-17-11(8(9)3)18(12,14)15/h6-7H,4-5H2,1-3H3,(H2,12,14,15). The van der Waals surface area contributed by atoms with Crippen molar-refractivity contribution in [1.82, 2.24) is 0 Å². The molecule has 0 atom stereocenters. The molecule has 2 N–H and O–H groups in total. The molecule has 5 nitrogen and oxygen atoms in total. The fraction of sp³-hybridized carbons (Fsp3) is 0.545. The Balaban J connectivity index is 2.79. The van der Waals surface area contributed by atoms with Crippen molar-refractivity contribution in [3.8, 4) is 0 Å². The normalized spacial score (nSPS) is 11.8. The van der Waals surface area contributed by atoms with Crippen LogP contribution in [0.2, 0.25) is 0 Å². The average molecular weight is 291 g/mol. The predicted molar refractivity (Wildman–Crippen MR) is 70.2 cm³/mol. The van der Waals surface area contributed by atoms with Crippen molar-refractivity contribution in [2.45, 2.75) is 31.4 Å². The minimum Gasteiger partial charge on any atom is -0.462 e. The molecule has 0 spiro atoms. The maximum Gasteiger partial charge on any atom is 0.339 e. The highest BCUT2D eigenvalue weighted by Crippen LogP contribution is 2.26. The Hall–Kier alpha value is -0.920. The van der Waals surface area contributed by atoms with Crippen LogP contribution in [0.5, 0.6) is 0 Å². The first-order valence-electron chi connectivity index (χ1n) is 5.51. The second kappa shape index (κ2) is 5.81. The lowest BCUT2D eigenvalue weighted by Gasteiger charge is -2.06. The molecule has 0 aliphatic carbocycles. The van der Waals surface area contributed by atoms with Crippen molar-refractivity contribution in [2.75, 3.05) is 6.61 Å². The van der Waals surface area contributed by atoms with Crippen molar-refractivity contribution < 1.29 is 17.9 Å². The van der Waals surface area contributed by atoms with Crippen molar-refractivity contribution >= 4 is 27.3 Å². The Morgan fingerprint density at radius 1 is 1.50 bits per heavy atom. The van der Waals surface area contributed by atoms with Gasteiger partial charge in [-0.25, -0.2) is 18.4 Å². The maximum atomic E-state index is 11.7. The second-order valence-corrected chi connectivity index (χ2v) is 7.06. The average Bonchev–Trinajstić information content (AvgIpc) is 2.58. The summed E-state index contributed by atoms with van der Waals surface area (Å²) in [6, 6.07) is 0. The molecule has 1 aromatic rings. The van der Waals surface area contributed by atoms with Gasteiger partial charge in [0.15, 0.2) is 0 Å². The molecule has 1 aromatic heterocycles. The molecule has 7 heteroatoms. The molecule has 0 aliphatic heterocycles. The highest BCUT2D eigenvalue weighted by molar-refractivity contribution is 7.91. The second-order valence-electron chi connectivity index (χ2n) is 4.43. The highest BCUT2D eigenvalue weighted by Gasteiger charge is 2.21. The zero-order chi connectivity index (χ0) is 13.9. The summed E-state index contributed by atoms with van der Waals surface area (Å²) in [7, 11) is -3.77. The molecule has 0 aliphatic rings. The quantitative estimate of drug-likeness (QED) is 0.839. The molecule has 18 heavy (non-hydrogen) atoms. The molecule has 0 fully saturated rings. The summed E-state index contributed by atoms with van der Waals surface area (Å²) in [5, 5.41) is 6.51. The lowest BCUT2D eigenvalue weighted by molar-refractivity contribution is 0.0487. The monoisotopic (exact) mass is 291 g/mol. The van der Waals surface area contributed by atoms with Crippen LogP contribution in [-0.2, 0) is 14.8 Å². The van der Waals surface area contributed by atoms with Crippen LogP contribution in [0.4, 0.5) is 0 Å². The van der Waals surface area contributed by atoms with Gasteiger partial charge in [-0.1, -0.05) is 13.8 Å². The van der Waals surface area contributed by atoms with E-state index in [1.54, 1.807) is 6.92 Å². The Morgan fingerprint density at radius 2 is 2.11 bits per heavy atom. The van der Waals surface area contributed by atoms with Crippen LogP contribution < -0.4 is 5.14 Å². The molecule has 0 aromatic carbocycles. The van der Waals surface area contributed by atoms with Gasteiger partial charge in [-0.05, 0) is 24.8 Å². The zero-order valence-corrected chi connectivity index (χ0v) is 12.2. The fourth-order valence-corrected chi connectivity index (χ4v) is 3.35. The number of rotatable bonds is 5. The van der Waals surface area contributed by atoms with Crippen molar-refractivity contribution in [1.29, 1.82) is 0 Å². The molecule has 1 heterocycles. The van der Waals surface area contributed by atoms with Crippen LogP contribution in [0.3, 0.4) is 0 Å². The van der Waals surface area contributed by atoms with Gasteiger partial charge in [-0.2, -0.15) is 0 Å². The topological polar surface area (TPSA) is 86.5 Å². The molecule has 102 valence electrons. The summed E-state index contributed by atoms with van der Waals surface area (Å²) < 4.78 is 27.5. The van der Waals surface area contributed by atoms with Crippen molar-refractivity contribution in [2.24, 2.45) is 11.1 Å². The Kier molecular flexibility index (Phi) is 4.89. The van der Waals surface area contributed by atoms with Crippen LogP contribution in [0, 0.1) is 12.8 Å². The Bertz CT molecular complexity index is 531. The van der Waals surface area contributed by atoms with Crippen LogP contribution in [0.25, 0.3) is 0 Å². The summed E-state index contributed by atoms with van der Waals surface area (Å²) in [5.41, 5.74) is 0.629. The zero-order valence-electron chi connectivity index (χ0n) is 10.6. The van der Waals surface area contributed by atoms with E-state index in [1.807, 2.05) is 13.8 Å². The van der Waals surface area contributed by atoms with E-state index in [2.05, 4.69) is 0 Å². The lowest BCUT2D eigenvalue weighted by atomic mass is 10.1. The van der Waals surface area contributed by atoms with E-state index in [9.17, 15) is 13.2 Å².